The van der Waals surface area contributed by atoms with E-state index in [9.17, 15) is 0 Å². The number of nitrogens with one attached hydrogen (secondary N) is 1. The molecule has 1 saturated carbocycles. The van der Waals surface area contributed by atoms with E-state index in [-0.39, 0.29) is 0 Å². The summed E-state index contributed by atoms with van der Waals surface area (Å²) in [4.78, 5) is 2.73. The summed E-state index contributed by atoms with van der Waals surface area (Å²) in [5.74, 6) is 0. The van der Waals surface area contributed by atoms with E-state index in [1.165, 1.54) is 57.9 Å². The fraction of sp³-hybridized carbons (Fsp3) is 0.684. The smallest absolute Gasteiger partial charge is 0.0405 e. The Morgan fingerprint density at radius 1 is 1.10 bits per heavy atom. The Bertz CT molecular complexity index is 516. The fourth-order valence-corrected chi connectivity index (χ4v) is 4.75. The maximum absolute atomic E-state index is 3.88. The van der Waals surface area contributed by atoms with Gasteiger partial charge in [-0.1, -0.05) is 25.0 Å². The van der Waals surface area contributed by atoms with Crippen molar-refractivity contribution in [1.82, 2.24) is 5.32 Å². The Morgan fingerprint density at radius 2 is 1.90 bits per heavy atom. The molecular formula is C19H28N2. The number of fused-ring (bicyclic) bond motifs is 1. The van der Waals surface area contributed by atoms with Gasteiger partial charge in [-0.05, 0) is 62.6 Å². The quantitative estimate of drug-likeness (QED) is 0.846. The topological polar surface area (TPSA) is 15.3 Å². The van der Waals surface area contributed by atoms with Gasteiger partial charge in [0.2, 0.25) is 0 Å². The molecule has 0 radical (unpaired) electrons. The van der Waals surface area contributed by atoms with E-state index < -0.39 is 0 Å². The van der Waals surface area contributed by atoms with Crippen LogP contribution in [-0.4, -0.2) is 24.7 Å². The highest BCUT2D eigenvalue weighted by atomic mass is 15.3. The zero-order valence-corrected chi connectivity index (χ0v) is 13.3. The second kappa shape index (κ2) is 5.31. The van der Waals surface area contributed by atoms with Crippen LogP contribution in [0.4, 0.5) is 5.69 Å². The first-order chi connectivity index (χ1) is 10.3. The van der Waals surface area contributed by atoms with Crippen LogP contribution in [0.15, 0.2) is 18.2 Å². The second-order valence-corrected chi connectivity index (χ2v) is 7.47. The molecule has 0 amide bonds. The van der Waals surface area contributed by atoms with Crippen LogP contribution >= 0.6 is 0 Å². The minimum Gasteiger partial charge on any atom is -0.365 e. The molecule has 2 aliphatic carbocycles. The van der Waals surface area contributed by atoms with E-state index in [0.29, 0.717) is 11.6 Å². The normalized spacial score (nSPS) is 27.9. The van der Waals surface area contributed by atoms with E-state index in [4.69, 9.17) is 0 Å². The maximum atomic E-state index is 3.88. The van der Waals surface area contributed by atoms with Gasteiger partial charge in [0.1, 0.15) is 0 Å². The molecular weight excluding hydrogens is 256 g/mol. The summed E-state index contributed by atoms with van der Waals surface area (Å²) >= 11 is 0. The van der Waals surface area contributed by atoms with Gasteiger partial charge in [0.15, 0.2) is 0 Å². The van der Waals surface area contributed by atoms with Crippen molar-refractivity contribution in [3.63, 3.8) is 0 Å². The predicted octanol–water partition coefficient (Wildman–Crippen LogP) is 3.68. The monoisotopic (exact) mass is 284 g/mol. The summed E-state index contributed by atoms with van der Waals surface area (Å²) in [6.45, 7) is 4.74. The average Bonchev–Trinajstić information content (AvgIpc) is 2.98. The van der Waals surface area contributed by atoms with E-state index in [2.05, 4.69) is 35.3 Å². The predicted molar refractivity (Wildman–Crippen MR) is 89.1 cm³/mol. The fourth-order valence-electron chi connectivity index (χ4n) is 4.75. The molecule has 3 aliphatic rings. The van der Waals surface area contributed by atoms with Crippen molar-refractivity contribution in [3.05, 3.63) is 29.3 Å². The lowest BCUT2D eigenvalue weighted by Crippen LogP contribution is -2.62. The summed E-state index contributed by atoms with van der Waals surface area (Å²) < 4.78 is 0. The van der Waals surface area contributed by atoms with Crippen LogP contribution in [0.2, 0.25) is 0 Å². The van der Waals surface area contributed by atoms with Gasteiger partial charge in [0, 0.05) is 30.4 Å². The van der Waals surface area contributed by atoms with Crippen LogP contribution in [0.3, 0.4) is 0 Å². The van der Waals surface area contributed by atoms with Crippen LogP contribution in [0.1, 0.15) is 56.6 Å². The van der Waals surface area contributed by atoms with Gasteiger partial charge >= 0.3 is 0 Å². The molecule has 4 rings (SSSR count). The van der Waals surface area contributed by atoms with Gasteiger partial charge in [-0.25, -0.2) is 0 Å². The lowest BCUT2D eigenvalue weighted by molar-refractivity contribution is 0.276. The molecule has 1 heterocycles. The van der Waals surface area contributed by atoms with Crippen molar-refractivity contribution in [2.75, 3.05) is 18.0 Å². The first-order valence-electron chi connectivity index (χ1n) is 8.90. The standard InChI is InChI=1S/C19H28N2/c1-15-13-20-19(11-4-5-12-19)14-21(15)18-10-6-8-16-7-2-3-9-17(16)18/h6,8,10,15,20H,2-5,7,9,11-14H2,1H3. The number of hydrogen-bond acceptors (Lipinski definition) is 2. The molecule has 21 heavy (non-hydrogen) atoms. The summed E-state index contributed by atoms with van der Waals surface area (Å²) in [5.41, 5.74) is 5.23. The third-order valence-electron chi connectivity index (χ3n) is 6.02. The Hall–Kier alpha value is -1.02. The molecule has 114 valence electrons. The lowest BCUT2D eigenvalue weighted by Gasteiger charge is -2.47. The third kappa shape index (κ3) is 2.38. The minimum absolute atomic E-state index is 0.407. The average molecular weight is 284 g/mol. The van der Waals surface area contributed by atoms with E-state index >= 15 is 0 Å². The first-order valence-corrected chi connectivity index (χ1v) is 8.90. The Kier molecular flexibility index (Phi) is 3.45. The summed E-state index contributed by atoms with van der Waals surface area (Å²) in [5, 5.41) is 3.88. The molecule has 1 spiro atoms. The molecule has 1 unspecified atom stereocenters. The van der Waals surface area contributed by atoms with Crippen LogP contribution in [-0.2, 0) is 12.8 Å². The van der Waals surface area contributed by atoms with Gasteiger partial charge in [0.25, 0.3) is 0 Å². The van der Waals surface area contributed by atoms with Gasteiger partial charge in [0.05, 0.1) is 0 Å². The number of benzene rings is 1. The molecule has 1 saturated heterocycles. The molecule has 1 aliphatic heterocycles. The minimum atomic E-state index is 0.407. The van der Waals surface area contributed by atoms with Crippen molar-refractivity contribution < 1.29 is 0 Å². The summed E-state index contributed by atoms with van der Waals surface area (Å²) in [6.07, 6.45) is 10.9. The van der Waals surface area contributed by atoms with Crippen LogP contribution in [0.25, 0.3) is 0 Å². The molecule has 0 bridgehead atoms. The molecule has 1 aromatic carbocycles. The van der Waals surface area contributed by atoms with Crippen molar-refractivity contribution in [2.45, 2.75) is 69.9 Å². The highest BCUT2D eigenvalue weighted by molar-refractivity contribution is 5.59. The van der Waals surface area contributed by atoms with Crippen LogP contribution < -0.4 is 10.2 Å². The van der Waals surface area contributed by atoms with Gasteiger partial charge in [-0.3, -0.25) is 0 Å². The SMILES string of the molecule is CC1CNC2(CCCC2)CN1c1cccc2c1CCCC2. The van der Waals surface area contributed by atoms with Crippen LogP contribution in [0, 0.1) is 0 Å². The zero-order chi connectivity index (χ0) is 14.3. The van der Waals surface area contributed by atoms with Crippen LogP contribution in [0.5, 0.6) is 0 Å². The number of piperazine rings is 1. The third-order valence-corrected chi connectivity index (χ3v) is 6.02. The van der Waals surface area contributed by atoms with Crippen molar-refractivity contribution in [2.24, 2.45) is 0 Å². The molecule has 1 N–H and O–H groups in total. The molecule has 2 fully saturated rings. The lowest BCUT2D eigenvalue weighted by atomic mass is 9.87. The second-order valence-electron chi connectivity index (χ2n) is 7.47. The molecule has 2 nitrogen and oxygen atoms in total. The Morgan fingerprint density at radius 3 is 2.76 bits per heavy atom. The number of hydrogen-bond donors (Lipinski definition) is 1. The van der Waals surface area contributed by atoms with Crippen molar-refractivity contribution >= 4 is 5.69 Å². The van der Waals surface area contributed by atoms with E-state index in [1.807, 2.05) is 0 Å². The molecule has 2 heteroatoms. The number of rotatable bonds is 1. The maximum Gasteiger partial charge on any atom is 0.0405 e. The van der Waals surface area contributed by atoms with Gasteiger partial charge in [-0.15, -0.1) is 0 Å². The van der Waals surface area contributed by atoms with Gasteiger partial charge in [-0.2, -0.15) is 0 Å². The summed E-state index contributed by atoms with van der Waals surface area (Å²) in [6, 6.07) is 7.64. The molecule has 1 atom stereocenters. The largest absolute Gasteiger partial charge is 0.365 e. The zero-order valence-electron chi connectivity index (χ0n) is 13.3. The van der Waals surface area contributed by atoms with E-state index in [0.717, 1.165) is 6.54 Å². The first kappa shape index (κ1) is 13.6. The number of nitrogens with zero attached hydrogens (tertiary/aromatic N) is 1. The summed E-state index contributed by atoms with van der Waals surface area (Å²) in [7, 11) is 0. The highest BCUT2D eigenvalue weighted by Gasteiger charge is 2.40. The Labute approximate surface area is 128 Å². The van der Waals surface area contributed by atoms with Crippen molar-refractivity contribution in [3.8, 4) is 0 Å². The molecule has 1 aromatic rings. The van der Waals surface area contributed by atoms with Gasteiger partial charge < -0.3 is 10.2 Å². The number of aryl methyl sites for hydroxylation is 1. The number of anilines is 1. The Balaban J connectivity index is 1.68. The van der Waals surface area contributed by atoms with Crippen molar-refractivity contribution in [1.29, 1.82) is 0 Å². The van der Waals surface area contributed by atoms with E-state index in [1.54, 1.807) is 16.8 Å². The highest BCUT2D eigenvalue weighted by Crippen LogP contribution is 2.38. The molecule has 0 aromatic heterocycles.